The van der Waals surface area contributed by atoms with Crippen LogP contribution in [-0.4, -0.2) is 57.5 Å². The fraction of sp³-hybridized carbons (Fsp3) is 0.186. The van der Waals surface area contributed by atoms with Crippen LogP contribution in [0.4, 0.5) is 4.79 Å². The van der Waals surface area contributed by atoms with Gasteiger partial charge in [-0.3, -0.25) is 9.59 Å². The number of rotatable bonds is 21. The van der Waals surface area contributed by atoms with Gasteiger partial charge in [0.25, 0.3) is 5.91 Å². The first kappa shape index (κ1) is 54.9. The summed E-state index contributed by atoms with van der Waals surface area (Å²) in [7, 11) is 3.12. The van der Waals surface area contributed by atoms with E-state index in [9.17, 15) is 9.59 Å². The van der Waals surface area contributed by atoms with E-state index in [-0.39, 0.29) is 25.0 Å². The maximum Gasteiger partial charge on any atom is 0.407 e. The van der Waals surface area contributed by atoms with Gasteiger partial charge in [-0.25, -0.2) is 4.79 Å². The number of hydrogen-bond donors (Lipinski definition) is 3. The first-order valence-corrected chi connectivity index (χ1v) is 27.2. The normalized spacial score (nSPS) is 13.0. The van der Waals surface area contributed by atoms with E-state index in [4.69, 9.17) is 23.7 Å². The molecule has 1 aliphatic carbocycles. The first-order chi connectivity index (χ1) is 39.5. The molecule has 0 saturated carbocycles. The molecule has 9 aromatic carbocycles. The Bertz CT molecular complexity index is 3390. The van der Waals surface area contributed by atoms with E-state index >= 15 is 4.79 Å². The third-order valence-electron chi connectivity index (χ3n) is 15.0. The van der Waals surface area contributed by atoms with Gasteiger partial charge < -0.3 is 39.6 Å². The second-order valence-corrected chi connectivity index (χ2v) is 20.3. The lowest BCUT2D eigenvalue weighted by molar-refractivity contribution is -0.130. The molecule has 0 saturated heterocycles. The van der Waals surface area contributed by atoms with E-state index < -0.39 is 41.8 Å². The monoisotopic (exact) mass is 1080 g/mol. The Kier molecular flexibility index (Phi) is 17.0. The lowest BCUT2D eigenvalue weighted by Crippen LogP contribution is -2.55. The SMILES string of the molecule is COc1ccc(C(NC(=O)[C@H](NC(=O)OCC2c3ccccc3-c3ccccc32)[C@H](C)OC(c2ccccc2)(c2ccccc2)c2ccccc2)c2ccc(OCC(=O)NC(c3ccc(C)cc3)c3ccc(C)cc3)cc2)c(OC)c1. The first-order valence-electron chi connectivity index (χ1n) is 27.2. The summed E-state index contributed by atoms with van der Waals surface area (Å²) in [5, 5.41) is 9.45. The fourth-order valence-electron chi connectivity index (χ4n) is 10.8. The van der Waals surface area contributed by atoms with Gasteiger partial charge in [-0.1, -0.05) is 211 Å². The third kappa shape index (κ3) is 12.2. The summed E-state index contributed by atoms with van der Waals surface area (Å²) in [6.07, 6.45) is -1.83. The van der Waals surface area contributed by atoms with Gasteiger partial charge in [0.1, 0.15) is 35.5 Å². The molecule has 3 atom stereocenters. The summed E-state index contributed by atoms with van der Waals surface area (Å²) in [6.45, 7) is 5.61. The topological polar surface area (TPSA) is 133 Å². The van der Waals surface area contributed by atoms with Crippen LogP contribution in [0.25, 0.3) is 11.1 Å². The van der Waals surface area contributed by atoms with Crippen LogP contribution in [0.3, 0.4) is 0 Å². The average molecular weight is 1080 g/mol. The van der Waals surface area contributed by atoms with Gasteiger partial charge in [0, 0.05) is 17.5 Å². The minimum Gasteiger partial charge on any atom is -0.497 e. The van der Waals surface area contributed by atoms with Gasteiger partial charge in [-0.05, 0) is 101 Å². The molecule has 9 aromatic rings. The molecule has 0 aromatic heterocycles. The zero-order valence-corrected chi connectivity index (χ0v) is 46.0. The molecular formula is C70H65N3O8. The molecule has 0 heterocycles. The minimum absolute atomic E-state index is 0.0211. The molecule has 0 fully saturated rings. The van der Waals surface area contributed by atoms with Gasteiger partial charge >= 0.3 is 6.09 Å². The zero-order valence-electron chi connectivity index (χ0n) is 46.0. The standard InChI is InChI=1S/C70H65N3O8/c1-46-29-33-49(34-30-46)66(50-35-31-47(2)32-36-50)71-64(74)45-79-55-39-37-51(38-40-55)67(61-42-41-56(77-4)43-63(61)78-5)72-68(75)65(73-69(76)80-44-62-59-27-17-15-25-57(59)58-26-16-18-28-60(58)62)48(3)81-70(52-19-9-6-10-20-52,53-21-11-7-12-22-53)54-23-13-8-14-24-54/h6-43,48,62,65-67H,44-45H2,1-5H3,(H,71,74)(H,72,75)(H,73,76)/t48-,65+,67?/m0/s1. The van der Waals surface area contributed by atoms with Gasteiger partial charge in [0.05, 0.1) is 32.4 Å². The number of benzene rings is 9. The molecule has 0 bridgehead atoms. The Morgan fingerprint density at radius 3 is 1.48 bits per heavy atom. The highest BCUT2D eigenvalue weighted by Gasteiger charge is 2.43. The van der Waals surface area contributed by atoms with Crippen LogP contribution in [-0.2, 0) is 24.7 Å². The molecule has 11 heteroatoms. The number of hydrogen-bond acceptors (Lipinski definition) is 8. The van der Waals surface area contributed by atoms with Crippen LogP contribution in [0.5, 0.6) is 17.2 Å². The van der Waals surface area contributed by atoms with E-state index in [1.165, 1.54) is 0 Å². The number of fused-ring (bicyclic) bond motifs is 3. The lowest BCUT2D eigenvalue weighted by atomic mass is 9.79. The van der Waals surface area contributed by atoms with Crippen molar-refractivity contribution >= 4 is 17.9 Å². The van der Waals surface area contributed by atoms with Crippen molar-refractivity contribution in [2.45, 2.75) is 56.5 Å². The molecule has 1 aliphatic rings. The Hall–Kier alpha value is -9.45. The Balaban J connectivity index is 0.965. The molecule has 0 spiro atoms. The van der Waals surface area contributed by atoms with E-state index in [1.54, 1.807) is 45.4 Å². The second-order valence-electron chi connectivity index (χ2n) is 20.3. The Morgan fingerprint density at radius 1 is 0.506 bits per heavy atom. The predicted octanol–water partition coefficient (Wildman–Crippen LogP) is 13.1. The summed E-state index contributed by atoms with van der Waals surface area (Å²) in [5.74, 6) is 0.309. The number of nitrogens with one attached hydrogen (secondary N) is 3. The van der Waals surface area contributed by atoms with Gasteiger partial charge in [0.2, 0.25) is 5.91 Å². The molecule has 3 amide bonds. The molecule has 81 heavy (non-hydrogen) atoms. The van der Waals surface area contributed by atoms with Gasteiger partial charge in [-0.2, -0.15) is 0 Å². The maximum absolute atomic E-state index is 15.7. The van der Waals surface area contributed by atoms with Gasteiger partial charge in [-0.15, -0.1) is 0 Å². The van der Waals surface area contributed by atoms with E-state index in [0.717, 1.165) is 61.2 Å². The quantitative estimate of drug-likeness (QED) is 0.0606. The number of carbonyl (C=O) groups is 3. The van der Waals surface area contributed by atoms with E-state index in [1.807, 2.05) is 196 Å². The smallest absolute Gasteiger partial charge is 0.407 e. The molecule has 408 valence electrons. The van der Waals surface area contributed by atoms with Crippen molar-refractivity contribution < 1.29 is 38.1 Å². The van der Waals surface area contributed by atoms with Crippen molar-refractivity contribution in [2.24, 2.45) is 0 Å². The highest BCUT2D eigenvalue weighted by Crippen LogP contribution is 2.45. The molecule has 0 radical (unpaired) electrons. The van der Waals surface area contributed by atoms with E-state index in [2.05, 4.69) is 40.2 Å². The molecule has 3 N–H and O–H groups in total. The second kappa shape index (κ2) is 25.1. The van der Waals surface area contributed by atoms with Crippen molar-refractivity contribution in [1.29, 1.82) is 0 Å². The molecule has 11 nitrogen and oxygen atoms in total. The fourth-order valence-corrected chi connectivity index (χ4v) is 10.8. The van der Waals surface area contributed by atoms with Crippen molar-refractivity contribution in [3.05, 3.63) is 292 Å². The van der Waals surface area contributed by atoms with Crippen LogP contribution in [0.2, 0.25) is 0 Å². The van der Waals surface area contributed by atoms with Crippen molar-refractivity contribution in [3.8, 4) is 28.4 Å². The van der Waals surface area contributed by atoms with Crippen molar-refractivity contribution in [1.82, 2.24) is 16.0 Å². The summed E-state index contributed by atoms with van der Waals surface area (Å²) in [6, 6.07) is 71.9. The molecule has 1 unspecified atom stereocenters. The summed E-state index contributed by atoms with van der Waals surface area (Å²) in [5.41, 5.74) is 10.8. The largest absolute Gasteiger partial charge is 0.497 e. The number of carbonyl (C=O) groups excluding carboxylic acids is 3. The number of ether oxygens (including phenoxy) is 5. The number of amides is 3. The minimum atomic E-state index is -1.35. The van der Waals surface area contributed by atoms with Crippen LogP contribution in [0.15, 0.2) is 231 Å². The van der Waals surface area contributed by atoms with Crippen molar-refractivity contribution in [2.75, 3.05) is 27.4 Å². The summed E-state index contributed by atoms with van der Waals surface area (Å²) >= 11 is 0. The lowest BCUT2D eigenvalue weighted by Gasteiger charge is -2.40. The van der Waals surface area contributed by atoms with Crippen LogP contribution in [0, 0.1) is 13.8 Å². The van der Waals surface area contributed by atoms with Crippen molar-refractivity contribution in [3.63, 3.8) is 0 Å². The zero-order chi connectivity index (χ0) is 56.3. The van der Waals surface area contributed by atoms with Crippen LogP contribution in [0.1, 0.15) is 86.1 Å². The Labute approximate surface area is 473 Å². The van der Waals surface area contributed by atoms with E-state index in [0.29, 0.717) is 28.4 Å². The summed E-state index contributed by atoms with van der Waals surface area (Å²) in [4.78, 5) is 43.9. The maximum atomic E-state index is 15.7. The summed E-state index contributed by atoms with van der Waals surface area (Å²) < 4.78 is 31.3. The average Bonchev–Trinajstić information content (AvgIpc) is 3.97. The van der Waals surface area contributed by atoms with Crippen LogP contribution >= 0.6 is 0 Å². The Morgan fingerprint density at radius 2 is 0.975 bits per heavy atom. The number of alkyl carbamates (subject to hydrolysis) is 1. The number of methoxy groups -OCH3 is 2. The predicted molar refractivity (Wildman–Crippen MR) is 316 cm³/mol. The highest BCUT2D eigenvalue weighted by molar-refractivity contribution is 5.87. The van der Waals surface area contributed by atoms with Gasteiger partial charge in [0.15, 0.2) is 6.61 Å². The molecule has 10 rings (SSSR count). The number of aryl methyl sites for hydroxylation is 2. The van der Waals surface area contributed by atoms with Crippen LogP contribution < -0.4 is 30.2 Å². The molecule has 0 aliphatic heterocycles. The third-order valence-corrected chi connectivity index (χ3v) is 15.0. The molecular weight excluding hydrogens is 1010 g/mol. The highest BCUT2D eigenvalue weighted by atomic mass is 16.6.